The highest BCUT2D eigenvalue weighted by Crippen LogP contribution is 2.37. The molecule has 188 valence electrons. The molecule has 0 aliphatic heterocycles. The minimum absolute atomic E-state index is 0.369. The number of amides is 2. The normalized spacial score (nSPS) is 10.4. The smallest absolute Gasteiger partial charge is 0.323 e. The topological polar surface area (TPSA) is 86.1 Å². The number of alkyl halides is 1. The molecule has 2 amide bonds. The lowest BCUT2D eigenvalue weighted by molar-refractivity contribution is 0.262. The number of anilines is 2. The molecule has 0 spiro atoms. The van der Waals surface area contributed by atoms with Crippen molar-refractivity contribution in [1.82, 2.24) is 4.98 Å². The van der Waals surface area contributed by atoms with E-state index in [1.165, 1.54) is 0 Å². The zero-order chi connectivity index (χ0) is 26.0. The number of unbranched alkanes of at least 4 members (excludes halogenated alkanes) is 1. The van der Waals surface area contributed by atoms with Gasteiger partial charge in [0.1, 0.15) is 23.0 Å². The first-order chi connectivity index (χ1) is 18.1. The number of hydrogen-bond acceptors (Lipinski definition) is 5. The lowest BCUT2D eigenvalue weighted by Gasteiger charge is -2.13. The Labute approximate surface area is 220 Å². The number of benzene rings is 3. The van der Waals surface area contributed by atoms with Crippen LogP contribution in [0.15, 0.2) is 72.9 Å². The number of fused-ring (bicyclic) bond motifs is 1. The molecule has 0 radical (unpaired) electrons. The summed E-state index contributed by atoms with van der Waals surface area (Å²) in [5.74, 6) is 2.90. The van der Waals surface area contributed by atoms with Gasteiger partial charge in [0, 0.05) is 28.8 Å². The van der Waals surface area contributed by atoms with Crippen molar-refractivity contribution in [3.63, 3.8) is 0 Å². The fourth-order valence-electron chi connectivity index (χ4n) is 3.51. The average Bonchev–Trinajstić information content (AvgIpc) is 2.92. The number of aromatic nitrogens is 1. The molecule has 8 nitrogen and oxygen atoms in total. The summed E-state index contributed by atoms with van der Waals surface area (Å²) in [5, 5.41) is 6.25. The van der Waals surface area contributed by atoms with Crippen molar-refractivity contribution >= 4 is 45.6 Å². The van der Waals surface area contributed by atoms with Gasteiger partial charge in [0.2, 0.25) is 5.69 Å². The number of ether oxygens (including phenoxy) is 3. The maximum Gasteiger partial charge on any atom is 0.323 e. The standard InChI is InChI=1S/C28H25ClN4O4/c1-30-25-17-23-24(18-27(25)36-16-4-3-14-29)31-15-13-26(23)37-22-11-7-20(8-12-22)33-28(34)32-19-5-9-21(35-2)10-6-19/h5-13,15,17-18H,3-4,14,16H2,2H3,(H2,32,33,34). The van der Waals surface area contributed by atoms with Gasteiger partial charge in [-0.2, -0.15) is 0 Å². The van der Waals surface area contributed by atoms with Gasteiger partial charge < -0.3 is 24.8 Å². The zero-order valence-corrected chi connectivity index (χ0v) is 20.9. The van der Waals surface area contributed by atoms with Crippen LogP contribution in [0.4, 0.5) is 21.9 Å². The summed E-state index contributed by atoms with van der Waals surface area (Å²) in [4.78, 5) is 20.3. The van der Waals surface area contributed by atoms with Gasteiger partial charge >= 0.3 is 6.03 Å². The second-order valence-corrected chi connectivity index (χ2v) is 8.31. The maximum absolute atomic E-state index is 12.3. The van der Waals surface area contributed by atoms with Crippen molar-refractivity contribution in [1.29, 1.82) is 0 Å². The van der Waals surface area contributed by atoms with Crippen LogP contribution in [0.2, 0.25) is 0 Å². The highest BCUT2D eigenvalue weighted by molar-refractivity contribution is 6.17. The van der Waals surface area contributed by atoms with Crippen molar-refractivity contribution in [3.8, 4) is 23.0 Å². The van der Waals surface area contributed by atoms with Crippen LogP contribution in [0.25, 0.3) is 15.7 Å². The third-order valence-electron chi connectivity index (χ3n) is 5.38. The summed E-state index contributed by atoms with van der Waals surface area (Å²) < 4.78 is 17.0. The third kappa shape index (κ3) is 6.81. The molecule has 0 aliphatic carbocycles. The van der Waals surface area contributed by atoms with Gasteiger partial charge in [-0.15, -0.1) is 11.6 Å². The minimum Gasteiger partial charge on any atom is -0.505 e. The molecule has 4 aromatic rings. The molecular weight excluding hydrogens is 492 g/mol. The van der Waals surface area contributed by atoms with Gasteiger partial charge in [0.05, 0.1) is 25.8 Å². The van der Waals surface area contributed by atoms with Crippen LogP contribution in [0.5, 0.6) is 23.0 Å². The van der Waals surface area contributed by atoms with Crippen molar-refractivity contribution in [2.24, 2.45) is 0 Å². The Morgan fingerprint density at radius 3 is 2.24 bits per heavy atom. The molecule has 1 aromatic heterocycles. The van der Waals surface area contributed by atoms with E-state index >= 15 is 0 Å². The Morgan fingerprint density at radius 1 is 0.946 bits per heavy atom. The molecule has 0 atom stereocenters. The van der Waals surface area contributed by atoms with E-state index in [4.69, 9.17) is 32.4 Å². The monoisotopic (exact) mass is 516 g/mol. The molecular formula is C28H25ClN4O4. The maximum atomic E-state index is 12.3. The van der Waals surface area contributed by atoms with E-state index in [1.807, 2.05) is 0 Å². The predicted octanol–water partition coefficient (Wildman–Crippen LogP) is 7.63. The number of urea groups is 1. The Kier molecular flexibility index (Phi) is 8.63. The molecule has 37 heavy (non-hydrogen) atoms. The van der Waals surface area contributed by atoms with Gasteiger partial charge in [-0.05, 0) is 79.6 Å². The number of pyridine rings is 1. The van der Waals surface area contributed by atoms with Crippen LogP contribution in [-0.4, -0.2) is 30.6 Å². The molecule has 0 bridgehead atoms. The van der Waals surface area contributed by atoms with Gasteiger partial charge in [0.25, 0.3) is 0 Å². The van der Waals surface area contributed by atoms with Crippen LogP contribution >= 0.6 is 11.6 Å². The first-order valence-corrected chi connectivity index (χ1v) is 12.1. The summed E-state index contributed by atoms with van der Waals surface area (Å²) in [7, 11) is 1.59. The molecule has 3 aromatic carbocycles. The summed E-state index contributed by atoms with van der Waals surface area (Å²) in [5.41, 5.74) is 2.29. The number of nitrogens with zero attached hydrogens (tertiary/aromatic N) is 2. The summed E-state index contributed by atoms with van der Waals surface area (Å²) in [6.45, 7) is 8.04. The second-order valence-electron chi connectivity index (χ2n) is 7.94. The molecule has 4 rings (SSSR count). The minimum atomic E-state index is -0.369. The fourth-order valence-corrected chi connectivity index (χ4v) is 3.70. The van der Waals surface area contributed by atoms with E-state index in [2.05, 4.69) is 20.5 Å². The van der Waals surface area contributed by atoms with Crippen molar-refractivity contribution in [2.75, 3.05) is 30.2 Å². The van der Waals surface area contributed by atoms with Gasteiger partial charge in [-0.3, -0.25) is 4.98 Å². The lowest BCUT2D eigenvalue weighted by Crippen LogP contribution is -2.19. The van der Waals surface area contributed by atoms with Crippen molar-refractivity contribution in [2.45, 2.75) is 12.8 Å². The summed E-state index contributed by atoms with van der Waals surface area (Å²) in [6.07, 6.45) is 3.30. The molecule has 0 fully saturated rings. The fraction of sp³-hybridized carbons (Fsp3) is 0.179. The zero-order valence-electron chi connectivity index (χ0n) is 20.2. The molecule has 1 heterocycles. The third-order valence-corrected chi connectivity index (χ3v) is 5.64. The van der Waals surface area contributed by atoms with Crippen molar-refractivity contribution < 1.29 is 19.0 Å². The van der Waals surface area contributed by atoms with E-state index in [9.17, 15) is 4.79 Å². The first kappa shape index (κ1) is 25.6. The van der Waals surface area contributed by atoms with Crippen LogP contribution in [0, 0.1) is 6.57 Å². The molecule has 2 N–H and O–H groups in total. The van der Waals surface area contributed by atoms with Crippen LogP contribution in [0.3, 0.4) is 0 Å². The number of rotatable bonds is 10. The number of hydrogen-bond donors (Lipinski definition) is 2. The first-order valence-electron chi connectivity index (χ1n) is 11.6. The number of carbonyl (C=O) groups excluding carboxylic acids is 1. The van der Waals surface area contributed by atoms with E-state index < -0.39 is 0 Å². The molecule has 0 aliphatic rings. The Hall–Kier alpha value is -4.48. The average molecular weight is 517 g/mol. The largest absolute Gasteiger partial charge is 0.505 e. The van der Waals surface area contributed by atoms with Gasteiger partial charge in [0.15, 0.2) is 0 Å². The number of halogens is 1. The van der Waals surface area contributed by atoms with Crippen LogP contribution in [-0.2, 0) is 0 Å². The predicted molar refractivity (Wildman–Crippen MR) is 146 cm³/mol. The number of carbonyl (C=O) groups is 1. The SMILES string of the molecule is [C-]#[N+]c1cc2c(Oc3ccc(NC(=O)Nc4ccc(OC)cc4)cc3)ccnc2cc1OCCCCCl. The summed E-state index contributed by atoms with van der Waals surface area (Å²) in [6, 6.07) is 18.9. The van der Waals surface area contributed by atoms with Crippen LogP contribution < -0.4 is 24.8 Å². The van der Waals surface area contributed by atoms with Gasteiger partial charge in [-0.1, -0.05) is 0 Å². The van der Waals surface area contributed by atoms with Crippen LogP contribution in [0.1, 0.15) is 12.8 Å². The Balaban J connectivity index is 1.43. The molecule has 9 heteroatoms. The number of methoxy groups -OCH3 is 1. The molecule has 0 saturated heterocycles. The highest BCUT2D eigenvalue weighted by atomic mass is 35.5. The second kappa shape index (κ2) is 12.5. The summed E-state index contributed by atoms with van der Waals surface area (Å²) >= 11 is 5.72. The molecule has 0 saturated carbocycles. The van der Waals surface area contributed by atoms with E-state index in [0.717, 1.165) is 12.8 Å². The van der Waals surface area contributed by atoms with E-state index in [0.29, 0.717) is 63.5 Å². The number of nitrogens with one attached hydrogen (secondary N) is 2. The van der Waals surface area contributed by atoms with Crippen molar-refractivity contribution in [3.05, 3.63) is 84.3 Å². The molecule has 0 unspecified atom stereocenters. The highest BCUT2D eigenvalue weighted by Gasteiger charge is 2.12. The van der Waals surface area contributed by atoms with Gasteiger partial charge in [-0.25, -0.2) is 9.64 Å². The lowest BCUT2D eigenvalue weighted by atomic mass is 10.1. The van der Waals surface area contributed by atoms with E-state index in [-0.39, 0.29) is 6.03 Å². The quantitative estimate of drug-likeness (QED) is 0.128. The Bertz CT molecular complexity index is 1400. The van der Waals surface area contributed by atoms with E-state index in [1.54, 1.807) is 80.0 Å². The Morgan fingerprint density at radius 2 is 1.62 bits per heavy atom.